The van der Waals surface area contributed by atoms with Crippen molar-refractivity contribution in [3.05, 3.63) is 0 Å². The van der Waals surface area contributed by atoms with E-state index in [0.29, 0.717) is 25.9 Å². The molecule has 0 radical (unpaired) electrons. The van der Waals surface area contributed by atoms with E-state index < -0.39 is 17.6 Å². The van der Waals surface area contributed by atoms with Gasteiger partial charge >= 0.3 is 6.03 Å². The monoisotopic (exact) mass is 240 g/mol. The molecule has 7 nitrogen and oxygen atoms in total. The van der Waals surface area contributed by atoms with Gasteiger partial charge in [0.1, 0.15) is 5.54 Å². The van der Waals surface area contributed by atoms with Crippen molar-refractivity contribution in [1.82, 2.24) is 15.5 Å². The third kappa shape index (κ3) is 1.97. The minimum atomic E-state index is -0.828. The molecule has 7 heteroatoms. The molecule has 2 rings (SSSR count). The zero-order chi connectivity index (χ0) is 12.6. The Morgan fingerprint density at radius 2 is 2.00 bits per heavy atom. The molecule has 94 valence electrons. The number of imide groups is 1. The summed E-state index contributed by atoms with van der Waals surface area (Å²) in [5, 5.41) is 4.87. The largest absolute Gasteiger partial charge is 0.341 e. The van der Waals surface area contributed by atoms with E-state index in [1.165, 1.54) is 0 Å². The van der Waals surface area contributed by atoms with Crippen LogP contribution in [0.15, 0.2) is 0 Å². The van der Waals surface area contributed by atoms with Gasteiger partial charge in [0.25, 0.3) is 5.91 Å². The summed E-state index contributed by atoms with van der Waals surface area (Å²) in [5.41, 5.74) is 4.69. The molecule has 2 aliphatic rings. The predicted octanol–water partition coefficient (Wildman–Crippen LogP) is -1.47. The number of nitrogens with two attached hydrogens (primary N) is 1. The zero-order valence-corrected chi connectivity index (χ0v) is 9.66. The first kappa shape index (κ1) is 11.8. The molecule has 2 fully saturated rings. The Kier molecular flexibility index (Phi) is 2.78. The van der Waals surface area contributed by atoms with E-state index in [1.54, 1.807) is 11.8 Å². The standard InChI is InChI=1S/C10H16N4O3/c1-6(11)7(15)14-4-2-10(3-5-14)8(16)12-9(17)13-10/h6H,2-5,11H2,1H3,(H2,12,13,16,17)/t6-/m0/s1. The third-order valence-corrected chi connectivity index (χ3v) is 3.33. The number of piperidine rings is 1. The summed E-state index contributed by atoms with van der Waals surface area (Å²) in [4.78, 5) is 36.0. The Bertz CT molecular complexity index is 372. The molecule has 0 unspecified atom stereocenters. The van der Waals surface area contributed by atoms with Gasteiger partial charge in [-0.2, -0.15) is 0 Å². The lowest BCUT2D eigenvalue weighted by Gasteiger charge is -2.37. The number of urea groups is 1. The summed E-state index contributed by atoms with van der Waals surface area (Å²) in [5.74, 6) is -0.417. The average molecular weight is 240 g/mol. The van der Waals surface area contributed by atoms with E-state index in [-0.39, 0.29) is 11.8 Å². The van der Waals surface area contributed by atoms with Crippen molar-refractivity contribution >= 4 is 17.8 Å². The Balaban J connectivity index is 2.01. The minimum absolute atomic E-state index is 0.121. The van der Waals surface area contributed by atoms with E-state index in [4.69, 9.17) is 5.73 Å². The summed E-state index contributed by atoms with van der Waals surface area (Å²) in [6.45, 7) is 2.51. The Morgan fingerprint density at radius 3 is 2.41 bits per heavy atom. The smallest absolute Gasteiger partial charge is 0.322 e. The summed E-state index contributed by atoms with van der Waals surface area (Å²) in [7, 11) is 0. The summed E-state index contributed by atoms with van der Waals surface area (Å²) >= 11 is 0. The average Bonchev–Trinajstić information content (AvgIpc) is 2.54. The van der Waals surface area contributed by atoms with Gasteiger partial charge in [-0.05, 0) is 19.8 Å². The molecular weight excluding hydrogens is 224 g/mol. The van der Waals surface area contributed by atoms with Crippen LogP contribution in [0, 0.1) is 0 Å². The van der Waals surface area contributed by atoms with Gasteiger partial charge in [-0.15, -0.1) is 0 Å². The van der Waals surface area contributed by atoms with Gasteiger partial charge in [0.2, 0.25) is 5.91 Å². The number of likely N-dealkylation sites (tertiary alicyclic amines) is 1. The number of hydrogen-bond donors (Lipinski definition) is 3. The maximum atomic E-state index is 11.7. The van der Waals surface area contributed by atoms with Crippen LogP contribution in [0.1, 0.15) is 19.8 Å². The van der Waals surface area contributed by atoms with Gasteiger partial charge < -0.3 is 16.0 Å². The van der Waals surface area contributed by atoms with Gasteiger partial charge in [0.05, 0.1) is 6.04 Å². The van der Waals surface area contributed by atoms with Gasteiger partial charge in [-0.1, -0.05) is 0 Å². The van der Waals surface area contributed by atoms with E-state index in [1.807, 2.05) is 0 Å². The lowest BCUT2D eigenvalue weighted by molar-refractivity contribution is -0.136. The van der Waals surface area contributed by atoms with Crippen LogP contribution in [-0.4, -0.2) is 47.4 Å². The molecule has 0 aromatic heterocycles. The van der Waals surface area contributed by atoms with Crippen molar-refractivity contribution in [2.45, 2.75) is 31.3 Å². The van der Waals surface area contributed by atoms with E-state index in [0.717, 1.165) is 0 Å². The van der Waals surface area contributed by atoms with Crippen molar-refractivity contribution in [2.75, 3.05) is 13.1 Å². The fraction of sp³-hybridized carbons (Fsp3) is 0.700. The van der Waals surface area contributed by atoms with Crippen LogP contribution in [0.4, 0.5) is 4.79 Å². The highest BCUT2D eigenvalue weighted by Gasteiger charge is 2.48. The minimum Gasteiger partial charge on any atom is -0.341 e. The van der Waals surface area contributed by atoms with Crippen LogP contribution in [0.5, 0.6) is 0 Å². The Hall–Kier alpha value is -1.63. The molecule has 17 heavy (non-hydrogen) atoms. The van der Waals surface area contributed by atoms with Gasteiger partial charge in [0.15, 0.2) is 0 Å². The molecule has 0 aromatic rings. The summed E-state index contributed by atoms with van der Waals surface area (Å²) in [6.07, 6.45) is 0.867. The number of carbonyl (C=O) groups excluding carboxylic acids is 3. The number of nitrogens with one attached hydrogen (secondary N) is 2. The fourth-order valence-corrected chi connectivity index (χ4v) is 2.28. The number of nitrogens with zero attached hydrogens (tertiary/aromatic N) is 1. The molecule has 1 atom stereocenters. The second-order valence-corrected chi connectivity index (χ2v) is 4.60. The molecule has 4 N–H and O–H groups in total. The number of rotatable bonds is 1. The molecule has 0 saturated carbocycles. The van der Waals surface area contributed by atoms with Crippen molar-refractivity contribution in [2.24, 2.45) is 5.73 Å². The van der Waals surface area contributed by atoms with Crippen LogP contribution in [-0.2, 0) is 9.59 Å². The summed E-state index contributed by atoms with van der Waals surface area (Å²) in [6, 6.07) is -0.988. The van der Waals surface area contributed by atoms with Crippen LogP contribution < -0.4 is 16.4 Å². The quantitative estimate of drug-likeness (QED) is 0.487. The first-order valence-corrected chi connectivity index (χ1v) is 5.62. The molecular formula is C10H16N4O3. The fourth-order valence-electron chi connectivity index (χ4n) is 2.28. The molecule has 4 amide bonds. The van der Waals surface area contributed by atoms with E-state index in [9.17, 15) is 14.4 Å². The third-order valence-electron chi connectivity index (χ3n) is 3.33. The van der Waals surface area contributed by atoms with Crippen molar-refractivity contribution in [3.63, 3.8) is 0 Å². The topological polar surface area (TPSA) is 105 Å². The Labute approximate surface area is 98.7 Å². The molecule has 2 saturated heterocycles. The molecule has 1 spiro atoms. The number of amides is 4. The second kappa shape index (κ2) is 3.99. The number of carbonyl (C=O) groups is 3. The van der Waals surface area contributed by atoms with E-state index in [2.05, 4.69) is 10.6 Å². The van der Waals surface area contributed by atoms with Crippen molar-refractivity contribution < 1.29 is 14.4 Å². The molecule has 2 aliphatic heterocycles. The first-order valence-electron chi connectivity index (χ1n) is 5.62. The second-order valence-electron chi connectivity index (χ2n) is 4.60. The van der Waals surface area contributed by atoms with Crippen molar-refractivity contribution in [1.29, 1.82) is 0 Å². The van der Waals surface area contributed by atoms with Crippen molar-refractivity contribution in [3.8, 4) is 0 Å². The van der Waals surface area contributed by atoms with Gasteiger partial charge in [-0.3, -0.25) is 14.9 Å². The SMILES string of the molecule is C[C@H](N)C(=O)N1CCC2(CC1)NC(=O)NC2=O. The van der Waals surface area contributed by atoms with Gasteiger partial charge in [0, 0.05) is 13.1 Å². The van der Waals surface area contributed by atoms with Crippen LogP contribution in [0.25, 0.3) is 0 Å². The lowest BCUT2D eigenvalue weighted by Crippen LogP contribution is -2.57. The Morgan fingerprint density at radius 1 is 1.41 bits per heavy atom. The molecule has 0 aliphatic carbocycles. The lowest BCUT2D eigenvalue weighted by atomic mass is 9.87. The van der Waals surface area contributed by atoms with E-state index >= 15 is 0 Å². The maximum absolute atomic E-state index is 11.7. The van der Waals surface area contributed by atoms with Crippen LogP contribution >= 0.6 is 0 Å². The molecule has 0 bridgehead atoms. The highest BCUT2D eigenvalue weighted by molar-refractivity contribution is 6.07. The highest BCUT2D eigenvalue weighted by atomic mass is 16.2. The van der Waals surface area contributed by atoms with Crippen LogP contribution in [0.3, 0.4) is 0 Å². The maximum Gasteiger partial charge on any atom is 0.322 e. The highest BCUT2D eigenvalue weighted by Crippen LogP contribution is 2.25. The molecule has 0 aromatic carbocycles. The predicted molar refractivity (Wildman–Crippen MR) is 58.9 cm³/mol. The number of hydrogen-bond acceptors (Lipinski definition) is 4. The normalized spacial score (nSPS) is 24.5. The first-order chi connectivity index (χ1) is 7.94. The summed E-state index contributed by atoms with van der Waals surface area (Å²) < 4.78 is 0. The van der Waals surface area contributed by atoms with Crippen LogP contribution in [0.2, 0.25) is 0 Å². The molecule has 2 heterocycles. The zero-order valence-electron chi connectivity index (χ0n) is 9.66. The van der Waals surface area contributed by atoms with Gasteiger partial charge in [-0.25, -0.2) is 4.79 Å².